The Morgan fingerprint density at radius 2 is 1.74 bits per heavy atom. The van der Waals surface area contributed by atoms with E-state index in [2.05, 4.69) is 41.6 Å². The molecule has 1 amide bonds. The molecule has 8 heteroatoms. The first-order valence-electron chi connectivity index (χ1n) is 13.5. The van der Waals surface area contributed by atoms with Crippen molar-refractivity contribution in [1.29, 1.82) is 0 Å². The van der Waals surface area contributed by atoms with Crippen molar-refractivity contribution in [2.45, 2.75) is 76.5 Å². The van der Waals surface area contributed by atoms with Gasteiger partial charge in [0.25, 0.3) is 0 Å². The van der Waals surface area contributed by atoms with E-state index in [9.17, 15) is 14.3 Å². The van der Waals surface area contributed by atoms with E-state index in [-0.39, 0.29) is 23.9 Å². The van der Waals surface area contributed by atoms with Crippen LogP contribution in [0.25, 0.3) is 0 Å². The molecule has 1 saturated heterocycles. The second kappa shape index (κ2) is 11.9. The third-order valence-corrected chi connectivity index (χ3v) is 8.46. The molecule has 38 heavy (non-hydrogen) atoms. The second-order valence-corrected chi connectivity index (χ2v) is 12.4. The SMILES string of the molecule is COc1cc(C(C(=O)N2CCN(C(C)(C)C)CC2)C2(O)CCCCC2)ccc1OCc1ccc(Br)cc1F. The molecule has 2 fully saturated rings. The van der Waals surface area contributed by atoms with Gasteiger partial charge in [-0.05, 0) is 63.4 Å². The van der Waals surface area contributed by atoms with E-state index in [1.54, 1.807) is 31.4 Å². The van der Waals surface area contributed by atoms with Crippen molar-refractivity contribution in [3.63, 3.8) is 0 Å². The van der Waals surface area contributed by atoms with Crippen molar-refractivity contribution in [2.24, 2.45) is 0 Å². The molecule has 208 valence electrons. The van der Waals surface area contributed by atoms with Gasteiger partial charge in [-0.15, -0.1) is 0 Å². The Hall–Kier alpha value is -2.16. The number of rotatable bonds is 7. The van der Waals surface area contributed by atoms with Crippen LogP contribution in [0.1, 0.15) is 69.9 Å². The highest BCUT2D eigenvalue weighted by atomic mass is 79.9. The van der Waals surface area contributed by atoms with Gasteiger partial charge in [-0.25, -0.2) is 4.39 Å². The van der Waals surface area contributed by atoms with Gasteiger partial charge in [0.05, 0.1) is 18.6 Å². The minimum atomic E-state index is -1.11. The largest absolute Gasteiger partial charge is 0.493 e. The van der Waals surface area contributed by atoms with E-state index >= 15 is 0 Å². The monoisotopic (exact) mass is 590 g/mol. The Labute approximate surface area is 234 Å². The first-order valence-corrected chi connectivity index (χ1v) is 14.3. The molecule has 4 rings (SSSR count). The summed E-state index contributed by atoms with van der Waals surface area (Å²) in [6.45, 7) is 9.52. The molecule has 0 spiro atoms. The number of methoxy groups -OCH3 is 1. The smallest absolute Gasteiger partial charge is 0.233 e. The maximum atomic E-state index is 14.3. The topological polar surface area (TPSA) is 62.2 Å². The first-order chi connectivity index (χ1) is 18.0. The molecule has 1 aliphatic carbocycles. The van der Waals surface area contributed by atoms with Gasteiger partial charge in [-0.2, -0.15) is 0 Å². The highest BCUT2D eigenvalue weighted by Crippen LogP contribution is 2.43. The molecular formula is C30H40BrFN2O4. The van der Waals surface area contributed by atoms with Crippen molar-refractivity contribution < 1.29 is 23.8 Å². The van der Waals surface area contributed by atoms with Gasteiger partial charge in [-0.3, -0.25) is 9.69 Å². The van der Waals surface area contributed by atoms with Crippen molar-refractivity contribution >= 4 is 21.8 Å². The van der Waals surface area contributed by atoms with Gasteiger partial charge in [0.1, 0.15) is 12.4 Å². The molecule has 0 bridgehead atoms. The van der Waals surface area contributed by atoms with Crippen LogP contribution in [0.2, 0.25) is 0 Å². The van der Waals surface area contributed by atoms with E-state index in [1.807, 2.05) is 11.0 Å². The lowest BCUT2D eigenvalue weighted by atomic mass is 9.72. The van der Waals surface area contributed by atoms with Crippen molar-refractivity contribution in [2.75, 3.05) is 33.3 Å². The van der Waals surface area contributed by atoms with E-state index in [1.165, 1.54) is 6.07 Å². The number of amides is 1. The number of hydrogen-bond acceptors (Lipinski definition) is 5. The summed E-state index contributed by atoms with van der Waals surface area (Å²) in [5, 5.41) is 11.8. The molecule has 1 N–H and O–H groups in total. The highest BCUT2D eigenvalue weighted by Gasteiger charge is 2.45. The minimum Gasteiger partial charge on any atom is -0.493 e. The number of carbonyl (C=O) groups excluding carboxylic acids is 1. The van der Waals surface area contributed by atoms with Crippen LogP contribution in [0.5, 0.6) is 11.5 Å². The molecule has 1 saturated carbocycles. The quantitative estimate of drug-likeness (QED) is 0.435. The van der Waals surface area contributed by atoms with E-state index in [4.69, 9.17) is 9.47 Å². The van der Waals surface area contributed by atoms with Crippen LogP contribution in [0, 0.1) is 5.82 Å². The van der Waals surface area contributed by atoms with Crippen molar-refractivity contribution in [1.82, 2.24) is 9.80 Å². The summed E-state index contributed by atoms with van der Waals surface area (Å²) in [7, 11) is 1.55. The zero-order chi connectivity index (χ0) is 27.5. The first kappa shape index (κ1) is 28.8. The molecule has 0 aromatic heterocycles. The number of carbonyl (C=O) groups is 1. The van der Waals surface area contributed by atoms with Crippen LogP contribution in [0.15, 0.2) is 40.9 Å². The molecule has 6 nitrogen and oxygen atoms in total. The van der Waals surface area contributed by atoms with Gasteiger partial charge in [-0.1, -0.05) is 47.3 Å². The lowest BCUT2D eigenvalue weighted by molar-refractivity contribution is -0.144. The molecule has 1 atom stereocenters. The standard InChI is InChI=1S/C30H40BrFN2O4/c1-29(2,3)34-16-14-33(15-17-34)28(35)27(30(36)12-6-5-7-13-30)21-9-11-25(26(18-21)37-4)38-20-22-8-10-23(31)19-24(22)32/h8-11,18-19,27,36H,5-7,12-17,20H2,1-4H3. The molecule has 1 aliphatic heterocycles. The summed E-state index contributed by atoms with van der Waals surface area (Å²) in [4.78, 5) is 18.4. The minimum absolute atomic E-state index is 0.0318. The average molecular weight is 592 g/mol. The summed E-state index contributed by atoms with van der Waals surface area (Å²) < 4.78 is 26.5. The lowest BCUT2D eigenvalue weighted by Crippen LogP contribution is -2.57. The number of piperazine rings is 1. The van der Waals surface area contributed by atoms with Crippen molar-refractivity contribution in [3.05, 3.63) is 57.8 Å². The maximum Gasteiger partial charge on any atom is 0.233 e. The van der Waals surface area contributed by atoms with Gasteiger partial charge in [0.15, 0.2) is 11.5 Å². The summed E-state index contributed by atoms with van der Waals surface area (Å²) >= 11 is 3.27. The summed E-state index contributed by atoms with van der Waals surface area (Å²) in [5.74, 6) is -0.160. The highest BCUT2D eigenvalue weighted by molar-refractivity contribution is 9.10. The van der Waals surface area contributed by atoms with Crippen LogP contribution in [-0.4, -0.2) is 65.2 Å². The van der Waals surface area contributed by atoms with Gasteiger partial charge in [0, 0.05) is 41.8 Å². The molecule has 2 aromatic rings. The average Bonchev–Trinajstić information content (AvgIpc) is 2.88. The Bertz CT molecular complexity index is 1120. The Morgan fingerprint density at radius 1 is 1.05 bits per heavy atom. The number of ether oxygens (including phenoxy) is 2. The number of benzene rings is 2. The molecule has 1 unspecified atom stereocenters. The van der Waals surface area contributed by atoms with Crippen LogP contribution in [-0.2, 0) is 11.4 Å². The number of hydrogen-bond donors (Lipinski definition) is 1. The zero-order valence-electron chi connectivity index (χ0n) is 22.9. The fourth-order valence-corrected chi connectivity index (χ4v) is 6.03. The number of nitrogens with zero attached hydrogens (tertiary/aromatic N) is 2. The fourth-order valence-electron chi connectivity index (χ4n) is 5.69. The van der Waals surface area contributed by atoms with Gasteiger partial charge < -0.3 is 19.5 Å². The Kier molecular flexibility index (Phi) is 9.05. The van der Waals surface area contributed by atoms with Crippen molar-refractivity contribution in [3.8, 4) is 11.5 Å². The molecule has 2 aliphatic rings. The van der Waals surface area contributed by atoms with E-state index in [0.717, 1.165) is 37.9 Å². The Balaban J connectivity index is 1.58. The Morgan fingerprint density at radius 3 is 2.34 bits per heavy atom. The lowest BCUT2D eigenvalue weighted by Gasteiger charge is -2.45. The van der Waals surface area contributed by atoms with Crippen LogP contribution < -0.4 is 9.47 Å². The predicted octanol–water partition coefficient (Wildman–Crippen LogP) is 5.90. The third-order valence-electron chi connectivity index (χ3n) is 7.96. The molecule has 1 heterocycles. The number of halogens is 2. The van der Waals surface area contributed by atoms with E-state index < -0.39 is 11.5 Å². The van der Waals surface area contributed by atoms with Gasteiger partial charge in [0.2, 0.25) is 5.91 Å². The summed E-state index contributed by atoms with van der Waals surface area (Å²) in [6, 6.07) is 10.2. The van der Waals surface area contributed by atoms with E-state index in [0.29, 0.717) is 47.5 Å². The van der Waals surface area contributed by atoms with Crippen LogP contribution in [0.4, 0.5) is 4.39 Å². The summed E-state index contributed by atoms with van der Waals surface area (Å²) in [5.41, 5.74) is 0.0954. The summed E-state index contributed by atoms with van der Waals surface area (Å²) in [6.07, 6.45) is 4.05. The van der Waals surface area contributed by atoms with Crippen LogP contribution in [0.3, 0.4) is 0 Å². The molecule has 0 radical (unpaired) electrons. The second-order valence-electron chi connectivity index (χ2n) is 11.5. The van der Waals surface area contributed by atoms with Gasteiger partial charge >= 0.3 is 0 Å². The third kappa shape index (κ3) is 6.52. The molecular weight excluding hydrogens is 551 g/mol. The normalized spacial score (nSPS) is 19.2. The van der Waals surface area contributed by atoms with Crippen LogP contribution >= 0.6 is 15.9 Å². The zero-order valence-corrected chi connectivity index (χ0v) is 24.5. The molecule has 2 aromatic carbocycles. The predicted molar refractivity (Wildman–Crippen MR) is 150 cm³/mol. The maximum absolute atomic E-state index is 14.3. The number of aliphatic hydroxyl groups is 1. The fraction of sp³-hybridized carbons (Fsp3) is 0.567.